The van der Waals surface area contributed by atoms with Gasteiger partial charge < -0.3 is 9.76 Å². The summed E-state index contributed by atoms with van der Waals surface area (Å²) in [5.74, 6) is 0. The molecule has 0 bridgehead atoms. The Bertz CT molecular complexity index is 351. The molecule has 0 aliphatic carbocycles. The van der Waals surface area contributed by atoms with Gasteiger partial charge in [-0.1, -0.05) is 23.4 Å². The van der Waals surface area contributed by atoms with Crippen molar-refractivity contribution < 1.29 is 43.5 Å². The predicted molar refractivity (Wildman–Crippen MR) is 49.5 cm³/mol. The minimum Gasteiger partial charge on any atom is -0.768 e. The van der Waals surface area contributed by atoms with E-state index in [4.69, 9.17) is 10.5 Å². The van der Waals surface area contributed by atoms with Gasteiger partial charge in [-0.3, -0.25) is 4.21 Å². The Morgan fingerprint density at radius 1 is 1.47 bits per heavy atom. The van der Waals surface area contributed by atoms with Crippen LogP contribution in [-0.2, 0) is 11.1 Å². The molecule has 1 atom stereocenters. The van der Waals surface area contributed by atoms with Crippen molar-refractivity contribution in [3.63, 3.8) is 0 Å². The maximum atomic E-state index is 10.2. The molecule has 0 saturated carbocycles. The van der Waals surface area contributed by atoms with Crippen molar-refractivity contribution >= 4 is 17.3 Å². The molecule has 1 aromatic rings. The predicted octanol–water partition coefficient (Wildman–Crippen LogP) is -2.10. The van der Waals surface area contributed by atoms with Gasteiger partial charge in [0.1, 0.15) is 12.3 Å². The number of hydrogen-bond donors (Lipinski definition) is 1. The minimum atomic E-state index is -2.08. The van der Waals surface area contributed by atoms with Crippen molar-refractivity contribution in [2.45, 2.75) is 4.90 Å². The van der Waals surface area contributed by atoms with E-state index in [0.29, 0.717) is 4.90 Å². The van der Waals surface area contributed by atoms with Gasteiger partial charge in [-0.25, -0.2) is 0 Å². The molecule has 0 aliphatic heterocycles. The molecular formula is C8H7N2NaO3S. The second kappa shape index (κ2) is 11.4. The molecule has 1 N–H and O–H groups in total. The van der Waals surface area contributed by atoms with Crippen LogP contribution in [0, 0.1) is 11.3 Å². The maximum Gasteiger partial charge on any atom is 1.00 e. The quantitative estimate of drug-likeness (QED) is 0.198. The first kappa shape index (κ1) is 16.7. The second-order valence-corrected chi connectivity index (χ2v) is 2.86. The van der Waals surface area contributed by atoms with Crippen LogP contribution in [0.1, 0.15) is 0 Å². The van der Waals surface area contributed by atoms with Crippen molar-refractivity contribution in [1.29, 1.82) is 5.26 Å². The normalized spacial score (nSPS) is 10.4. The first-order chi connectivity index (χ1) is 6.72. The van der Waals surface area contributed by atoms with E-state index >= 15 is 0 Å². The van der Waals surface area contributed by atoms with Gasteiger partial charge >= 0.3 is 29.6 Å². The third-order valence-corrected chi connectivity index (χ3v) is 1.71. The molecule has 7 heteroatoms. The molecule has 74 valence electrons. The Morgan fingerprint density at radius 3 is 2.20 bits per heavy atom. The second-order valence-electron chi connectivity index (χ2n) is 1.92. The van der Waals surface area contributed by atoms with Crippen LogP contribution in [0.3, 0.4) is 0 Å². The fourth-order valence-corrected chi connectivity index (χ4v) is 0.937. The summed E-state index contributed by atoms with van der Waals surface area (Å²) in [5, 5.41) is 17.3. The molecule has 1 rings (SSSR count). The summed E-state index contributed by atoms with van der Waals surface area (Å²) in [7, 11) is 0. The molecule has 1 aromatic carbocycles. The van der Waals surface area contributed by atoms with Gasteiger partial charge in [0.15, 0.2) is 0 Å². The molecule has 0 saturated heterocycles. The Morgan fingerprint density at radius 2 is 2.00 bits per heavy atom. The Balaban J connectivity index is 0. The number of rotatable bonds is 1. The first-order valence-electron chi connectivity index (χ1n) is 3.42. The molecule has 0 heterocycles. The van der Waals surface area contributed by atoms with E-state index in [9.17, 15) is 8.76 Å². The molecular weight excluding hydrogens is 227 g/mol. The van der Waals surface area contributed by atoms with Crippen LogP contribution in [-0.4, -0.2) is 20.2 Å². The Hall–Kier alpha value is -0.710. The fraction of sp³-hybridized carbons (Fsp3) is 0. The summed E-state index contributed by atoms with van der Waals surface area (Å²) in [6.45, 7) is 0. The van der Waals surface area contributed by atoms with Crippen LogP contribution in [0.15, 0.2) is 40.4 Å². The van der Waals surface area contributed by atoms with Gasteiger partial charge in [0, 0.05) is 4.90 Å². The van der Waals surface area contributed by atoms with Gasteiger partial charge in [-0.2, -0.15) is 5.26 Å². The Labute approximate surface area is 112 Å². The summed E-state index contributed by atoms with van der Waals surface area (Å²) in [5.41, 5.74) is 0. The average molecular weight is 234 g/mol. The van der Waals surface area contributed by atoms with E-state index in [1.54, 1.807) is 30.3 Å². The topological polar surface area (TPSA) is 96.5 Å². The van der Waals surface area contributed by atoms with Crippen LogP contribution in [0.5, 0.6) is 0 Å². The van der Waals surface area contributed by atoms with Crippen molar-refractivity contribution in [3.8, 4) is 6.07 Å². The SMILES string of the molecule is N#CC=NO.O=S([O-])c1ccccc1.[Na+]. The third-order valence-electron chi connectivity index (χ3n) is 1.05. The molecule has 0 amide bonds. The van der Waals surface area contributed by atoms with Crippen molar-refractivity contribution in [1.82, 2.24) is 0 Å². The molecule has 5 nitrogen and oxygen atoms in total. The van der Waals surface area contributed by atoms with E-state index < -0.39 is 11.1 Å². The summed E-state index contributed by atoms with van der Waals surface area (Å²) in [6, 6.07) is 9.71. The standard InChI is InChI=1S/C6H6O2S.C2H2N2O.Na/c7-9(8)6-4-2-1-3-5-6;3-1-2-4-5;/h1-5H,(H,7,8);2,5H;/q;;+1/p-1. The van der Waals surface area contributed by atoms with Crippen LogP contribution >= 0.6 is 0 Å². The maximum absolute atomic E-state index is 10.2. The average Bonchev–Trinajstić information content (AvgIpc) is 2.21. The zero-order valence-electron chi connectivity index (χ0n) is 8.03. The van der Waals surface area contributed by atoms with Gasteiger partial charge in [0.2, 0.25) is 0 Å². The molecule has 0 fully saturated rings. The van der Waals surface area contributed by atoms with Gasteiger partial charge in [-0.05, 0) is 23.2 Å². The number of benzene rings is 1. The van der Waals surface area contributed by atoms with Crippen LogP contribution < -0.4 is 29.6 Å². The van der Waals surface area contributed by atoms with Crippen LogP contribution in [0.2, 0.25) is 0 Å². The molecule has 0 aromatic heterocycles. The summed E-state index contributed by atoms with van der Waals surface area (Å²) in [4.78, 5) is 0.331. The summed E-state index contributed by atoms with van der Waals surface area (Å²) < 4.78 is 20.4. The van der Waals surface area contributed by atoms with Crippen LogP contribution in [0.25, 0.3) is 0 Å². The van der Waals surface area contributed by atoms with Crippen molar-refractivity contribution in [2.24, 2.45) is 5.16 Å². The molecule has 0 spiro atoms. The van der Waals surface area contributed by atoms with E-state index in [-0.39, 0.29) is 29.6 Å². The van der Waals surface area contributed by atoms with Gasteiger partial charge in [0.05, 0.1) is 0 Å². The van der Waals surface area contributed by atoms with Crippen LogP contribution in [0.4, 0.5) is 0 Å². The molecule has 15 heavy (non-hydrogen) atoms. The molecule has 1 unspecified atom stereocenters. The van der Waals surface area contributed by atoms with E-state index in [1.165, 1.54) is 6.07 Å². The Kier molecular flexibility index (Phi) is 12.7. The third kappa shape index (κ3) is 9.59. The van der Waals surface area contributed by atoms with E-state index in [1.807, 2.05) is 0 Å². The van der Waals surface area contributed by atoms with Gasteiger partial charge in [-0.15, -0.1) is 0 Å². The van der Waals surface area contributed by atoms with E-state index in [0.717, 1.165) is 6.21 Å². The number of nitrogens with zero attached hydrogens (tertiary/aromatic N) is 2. The largest absolute Gasteiger partial charge is 1.00 e. The fourth-order valence-electron chi connectivity index (χ4n) is 0.557. The monoisotopic (exact) mass is 234 g/mol. The minimum absolute atomic E-state index is 0. The van der Waals surface area contributed by atoms with Gasteiger partial charge in [0.25, 0.3) is 0 Å². The van der Waals surface area contributed by atoms with Crippen molar-refractivity contribution in [2.75, 3.05) is 0 Å². The van der Waals surface area contributed by atoms with E-state index in [2.05, 4.69) is 5.16 Å². The smallest absolute Gasteiger partial charge is 0.768 e. The zero-order chi connectivity index (χ0) is 10.8. The number of nitriles is 1. The summed E-state index contributed by atoms with van der Waals surface area (Å²) >= 11 is -2.08. The number of hydrogen-bond acceptors (Lipinski definition) is 5. The molecule has 0 radical (unpaired) electrons. The molecule has 0 aliphatic rings. The zero-order valence-corrected chi connectivity index (χ0v) is 10.8. The first-order valence-corrected chi connectivity index (χ1v) is 4.49. The summed E-state index contributed by atoms with van der Waals surface area (Å²) in [6.07, 6.45) is 0.736. The number of oxime groups is 1. The van der Waals surface area contributed by atoms with Crippen molar-refractivity contribution in [3.05, 3.63) is 30.3 Å².